The van der Waals surface area contributed by atoms with Crippen LogP contribution in [0.3, 0.4) is 0 Å². The molecule has 0 aromatic heterocycles. The van der Waals surface area contributed by atoms with E-state index in [0.717, 1.165) is 5.56 Å². The summed E-state index contributed by atoms with van der Waals surface area (Å²) in [7, 11) is 1.68. The van der Waals surface area contributed by atoms with E-state index in [0.29, 0.717) is 19.2 Å². The summed E-state index contributed by atoms with van der Waals surface area (Å²) >= 11 is 0. The van der Waals surface area contributed by atoms with E-state index >= 15 is 0 Å². The molecule has 19 heavy (non-hydrogen) atoms. The zero-order valence-corrected chi connectivity index (χ0v) is 11.8. The molecule has 1 aliphatic heterocycles. The topological polar surface area (TPSA) is 41.6 Å². The summed E-state index contributed by atoms with van der Waals surface area (Å²) in [5.41, 5.74) is 1.02. The number of hydrogen-bond acceptors (Lipinski definition) is 3. The van der Waals surface area contributed by atoms with Crippen molar-refractivity contribution in [1.82, 2.24) is 10.2 Å². The molecule has 1 amide bonds. The minimum absolute atomic E-state index is 0.124. The zero-order chi connectivity index (χ0) is 13.8. The second kappa shape index (κ2) is 6.17. The lowest BCUT2D eigenvalue weighted by atomic mass is 10.0. The van der Waals surface area contributed by atoms with Crippen molar-refractivity contribution in [2.45, 2.75) is 25.9 Å². The Morgan fingerprint density at radius 3 is 2.63 bits per heavy atom. The van der Waals surface area contributed by atoms with Gasteiger partial charge in [-0.2, -0.15) is 0 Å². The molecule has 4 nitrogen and oxygen atoms in total. The molecule has 104 valence electrons. The maximum absolute atomic E-state index is 12.5. The molecule has 1 fully saturated rings. The highest BCUT2D eigenvalue weighted by atomic mass is 16.5. The lowest BCUT2D eigenvalue weighted by molar-refractivity contribution is -0.133. The third kappa shape index (κ3) is 2.96. The summed E-state index contributed by atoms with van der Waals surface area (Å²) in [5, 5.41) is 3.29. The van der Waals surface area contributed by atoms with Crippen LogP contribution in [-0.2, 0) is 9.53 Å². The van der Waals surface area contributed by atoms with Gasteiger partial charge in [0.15, 0.2) is 0 Å². The molecule has 1 aliphatic rings. The van der Waals surface area contributed by atoms with Gasteiger partial charge in [0.05, 0.1) is 19.3 Å². The summed E-state index contributed by atoms with van der Waals surface area (Å²) in [6, 6.07) is 9.75. The fourth-order valence-corrected chi connectivity index (χ4v) is 2.52. The standard InChI is InChI=1S/C15H22N2O2/c1-11(2)13(9-19-3)17-10-16-14(15(17)18)12-7-5-4-6-8-12/h4-8,11,13-14,16H,9-10H2,1-3H3. The van der Waals surface area contributed by atoms with E-state index in [1.54, 1.807) is 7.11 Å². The molecule has 0 saturated carbocycles. The largest absolute Gasteiger partial charge is 0.383 e. The van der Waals surface area contributed by atoms with Crippen LogP contribution in [-0.4, -0.2) is 37.2 Å². The van der Waals surface area contributed by atoms with Crippen LogP contribution in [0.2, 0.25) is 0 Å². The van der Waals surface area contributed by atoms with Crippen LogP contribution < -0.4 is 5.32 Å². The van der Waals surface area contributed by atoms with E-state index < -0.39 is 0 Å². The minimum atomic E-state index is -0.223. The first kappa shape index (κ1) is 14.0. The second-order valence-electron chi connectivity index (χ2n) is 5.28. The van der Waals surface area contributed by atoms with Crippen molar-refractivity contribution in [3.8, 4) is 0 Å². The molecule has 1 N–H and O–H groups in total. The minimum Gasteiger partial charge on any atom is -0.383 e. The molecule has 0 radical (unpaired) electrons. The zero-order valence-electron chi connectivity index (χ0n) is 11.8. The molecule has 1 heterocycles. The highest BCUT2D eigenvalue weighted by Gasteiger charge is 2.37. The normalized spacial score (nSPS) is 21.2. The Balaban J connectivity index is 2.13. The quantitative estimate of drug-likeness (QED) is 0.879. The van der Waals surface area contributed by atoms with Gasteiger partial charge in [-0.3, -0.25) is 10.1 Å². The smallest absolute Gasteiger partial charge is 0.245 e. The monoisotopic (exact) mass is 262 g/mol. The first-order valence-corrected chi connectivity index (χ1v) is 6.73. The van der Waals surface area contributed by atoms with E-state index in [-0.39, 0.29) is 18.0 Å². The lowest BCUT2D eigenvalue weighted by Gasteiger charge is -2.30. The SMILES string of the molecule is COCC(C(C)C)N1CNC(c2ccccc2)C1=O. The van der Waals surface area contributed by atoms with Crippen LogP contribution in [0.25, 0.3) is 0 Å². The Labute approximate surface area is 114 Å². The molecule has 0 aliphatic carbocycles. The summed E-state index contributed by atoms with van der Waals surface area (Å²) in [6.45, 7) is 5.40. The maximum Gasteiger partial charge on any atom is 0.245 e. The predicted molar refractivity (Wildman–Crippen MR) is 74.5 cm³/mol. The fourth-order valence-electron chi connectivity index (χ4n) is 2.52. The lowest BCUT2D eigenvalue weighted by Crippen LogP contribution is -2.43. The van der Waals surface area contributed by atoms with Crippen molar-refractivity contribution >= 4 is 5.91 Å². The molecular formula is C15H22N2O2. The molecule has 0 bridgehead atoms. The van der Waals surface area contributed by atoms with Gasteiger partial charge in [-0.05, 0) is 11.5 Å². The third-order valence-electron chi connectivity index (χ3n) is 3.64. The first-order chi connectivity index (χ1) is 9.15. The number of hydrogen-bond donors (Lipinski definition) is 1. The van der Waals surface area contributed by atoms with Crippen LogP contribution in [0, 0.1) is 5.92 Å². The summed E-state index contributed by atoms with van der Waals surface area (Å²) in [5.74, 6) is 0.516. The molecule has 1 aromatic rings. The predicted octanol–water partition coefficient (Wildman–Crippen LogP) is 1.79. The molecule has 2 unspecified atom stereocenters. The van der Waals surface area contributed by atoms with E-state index in [9.17, 15) is 4.79 Å². The Morgan fingerprint density at radius 2 is 2.05 bits per heavy atom. The number of carbonyl (C=O) groups excluding carboxylic acids is 1. The molecule has 4 heteroatoms. The van der Waals surface area contributed by atoms with Crippen LogP contribution >= 0.6 is 0 Å². The Kier molecular flexibility index (Phi) is 4.56. The van der Waals surface area contributed by atoms with E-state index in [1.807, 2.05) is 35.2 Å². The Hall–Kier alpha value is -1.39. The van der Waals surface area contributed by atoms with E-state index in [4.69, 9.17) is 4.74 Å². The van der Waals surface area contributed by atoms with Gasteiger partial charge in [0.25, 0.3) is 0 Å². The molecule has 0 spiro atoms. The average molecular weight is 262 g/mol. The average Bonchev–Trinajstić information content (AvgIpc) is 2.78. The molecule has 1 aromatic carbocycles. The van der Waals surface area contributed by atoms with Crippen molar-refractivity contribution in [2.24, 2.45) is 5.92 Å². The number of ether oxygens (including phenoxy) is 1. The van der Waals surface area contributed by atoms with Crippen molar-refractivity contribution in [1.29, 1.82) is 0 Å². The summed E-state index contributed by atoms with van der Waals surface area (Å²) in [6.07, 6.45) is 0. The van der Waals surface area contributed by atoms with Gasteiger partial charge in [0, 0.05) is 7.11 Å². The fraction of sp³-hybridized carbons (Fsp3) is 0.533. The van der Waals surface area contributed by atoms with Crippen molar-refractivity contribution in [3.05, 3.63) is 35.9 Å². The maximum atomic E-state index is 12.5. The molecular weight excluding hydrogens is 240 g/mol. The number of nitrogens with zero attached hydrogens (tertiary/aromatic N) is 1. The molecule has 2 rings (SSSR count). The summed E-state index contributed by atoms with van der Waals surface area (Å²) < 4.78 is 5.25. The van der Waals surface area contributed by atoms with Gasteiger partial charge < -0.3 is 9.64 Å². The first-order valence-electron chi connectivity index (χ1n) is 6.73. The number of amides is 1. The third-order valence-corrected chi connectivity index (χ3v) is 3.64. The number of nitrogens with one attached hydrogen (secondary N) is 1. The van der Waals surface area contributed by atoms with Crippen LogP contribution in [0.1, 0.15) is 25.5 Å². The highest BCUT2D eigenvalue weighted by molar-refractivity contribution is 5.85. The van der Waals surface area contributed by atoms with Gasteiger partial charge in [0.1, 0.15) is 6.04 Å². The van der Waals surface area contributed by atoms with Gasteiger partial charge in [-0.25, -0.2) is 0 Å². The van der Waals surface area contributed by atoms with Crippen LogP contribution in [0.4, 0.5) is 0 Å². The van der Waals surface area contributed by atoms with Gasteiger partial charge in [-0.1, -0.05) is 44.2 Å². The van der Waals surface area contributed by atoms with Crippen molar-refractivity contribution in [2.75, 3.05) is 20.4 Å². The van der Waals surface area contributed by atoms with Crippen molar-refractivity contribution in [3.63, 3.8) is 0 Å². The second-order valence-corrected chi connectivity index (χ2v) is 5.28. The van der Waals surface area contributed by atoms with E-state index in [1.165, 1.54) is 0 Å². The highest BCUT2D eigenvalue weighted by Crippen LogP contribution is 2.24. The molecule has 1 saturated heterocycles. The number of methoxy groups -OCH3 is 1. The van der Waals surface area contributed by atoms with Gasteiger partial charge >= 0.3 is 0 Å². The van der Waals surface area contributed by atoms with Crippen molar-refractivity contribution < 1.29 is 9.53 Å². The van der Waals surface area contributed by atoms with Crippen LogP contribution in [0.15, 0.2) is 30.3 Å². The number of carbonyl (C=O) groups is 1. The molecule has 2 atom stereocenters. The Morgan fingerprint density at radius 1 is 1.37 bits per heavy atom. The van der Waals surface area contributed by atoms with Gasteiger partial charge in [-0.15, -0.1) is 0 Å². The summed E-state index contributed by atoms with van der Waals surface area (Å²) in [4.78, 5) is 14.4. The Bertz CT molecular complexity index is 419. The van der Waals surface area contributed by atoms with E-state index in [2.05, 4.69) is 19.2 Å². The van der Waals surface area contributed by atoms with Crippen LogP contribution in [0.5, 0.6) is 0 Å². The number of rotatable bonds is 5. The number of benzene rings is 1. The van der Waals surface area contributed by atoms with Gasteiger partial charge in [0.2, 0.25) is 5.91 Å².